The number of fused-ring (bicyclic) bond motifs is 9. The average Bonchev–Trinajstić information content (AvgIpc) is 1.55. The molecule has 0 bridgehead atoms. The number of benzene rings is 20. The molecule has 0 saturated heterocycles. The van der Waals surface area contributed by atoms with Crippen LogP contribution in [-0.2, 0) is 16.2 Å². The Morgan fingerprint density at radius 1 is 0.173 bits per heavy atom. The van der Waals surface area contributed by atoms with E-state index in [4.69, 9.17) is 9.47 Å². The molecule has 0 spiro atoms. The fraction of sp³-hybridized carbons (Fsp3) is 0.0236. The Morgan fingerprint density at radius 3 is 0.576 bits per heavy atom. The molecule has 2 unspecified atom stereocenters. The fourth-order valence-electron chi connectivity index (χ4n) is 21.3. The number of halogens is 6. The summed E-state index contributed by atoms with van der Waals surface area (Å²) in [5.41, 5.74) is 26.1. The first-order valence-corrected chi connectivity index (χ1v) is 46.1. The van der Waals surface area contributed by atoms with Crippen molar-refractivity contribution in [2.75, 3.05) is 19.6 Å². The first kappa shape index (κ1) is 85.4. The highest BCUT2D eigenvalue weighted by atomic mass is 19.1. The van der Waals surface area contributed by atoms with Crippen molar-refractivity contribution >= 4 is 80.4 Å². The Hall–Kier alpha value is -17.7. The zero-order valence-corrected chi connectivity index (χ0v) is 75.0. The number of hydrogen-bond acceptors (Lipinski definition) is 6. The summed E-state index contributed by atoms with van der Waals surface area (Å²) in [5, 5.41) is 0. The van der Waals surface area contributed by atoms with Gasteiger partial charge in [0.15, 0.2) is 0 Å². The molecular weight excluding hydrogens is 1730 g/mol. The van der Waals surface area contributed by atoms with Gasteiger partial charge in [-0.1, -0.05) is 232 Å². The van der Waals surface area contributed by atoms with Crippen LogP contribution < -0.4 is 29.1 Å². The van der Waals surface area contributed by atoms with Crippen LogP contribution in [0.15, 0.2) is 486 Å². The Bertz CT molecular complexity index is 7550. The molecule has 23 rings (SSSR count). The molecular formula is C127H84F6N4O2. The highest BCUT2D eigenvalue weighted by Crippen LogP contribution is 2.62. The molecule has 666 valence electrons. The van der Waals surface area contributed by atoms with Crippen molar-refractivity contribution < 1.29 is 35.8 Å². The molecule has 0 amide bonds. The van der Waals surface area contributed by atoms with E-state index < -0.39 is 16.2 Å². The first-order chi connectivity index (χ1) is 68.2. The lowest BCUT2D eigenvalue weighted by atomic mass is 9.67. The van der Waals surface area contributed by atoms with Crippen LogP contribution in [0.25, 0.3) is 45.5 Å². The predicted molar refractivity (Wildman–Crippen MR) is 550 cm³/mol. The second-order valence-corrected chi connectivity index (χ2v) is 35.1. The minimum atomic E-state index is -0.964. The van der Waals surface area contributed by atoms with E-state index in [9.17, 15) is 0 Å². The van der Waals surface area contributed by atoms with Crippen LogP contribution in [0.2, 0.25) is 0 Å². The Labute approximate surface area is 802 Å². The van der Waals surface area contributed by atoms with Crippen molar-refractivity contribution in [2.45, 2.75) is 16.2 Å². The topological polar surface area (TPSA) is 31.4 Å². The molecule has 6 nitrogen and oxygen atoms in total. The minimum absolute atomic E-state index is 0.359. The number of ether oxygens (including phenoxy) is 2. The van der Waals surface area contributed by atoms with Gasteiger partial charge in [-0.15, -0.1) is 0 Å². The third-order valence-electron chi connectivity index (χ3n) is 27.5. The van der Waals surface area contributed by atoms with Crippen molar-refractivity contribution in [1.82, 2.24) is 0 Å². The van der Waals surface area contributed by atoms with E-state index in [1.54, 1.807) is 60.7 Å². The predicted octanol–water partition coefficient (Wildman–Crippen LogP) is 34.4. The summed E-state index contributed by atoms with van der Waals surface area (Å²) >= 11 is 0. The summed E-state index contributed by atoms with van der Waals surface area (Å²) < 4.78 is 105. The lowest BCUT2D eigenvalue weighted by Gasteiger charge is -2.35. The number of anilines is 12. The average molecular weight is 1810 g/mol. The Balaban J connectivity index is 0.600. The van der Waals surface area contributed by atoms with Gasteiger partial charge in [-0.05, 0) is 378 Å². The largest absolute Gasteiger partial charge is 0.457 e. The fourth-order valence-corrected chi connectivity index (χ4v) is 21.3. The van der Waals surface area contributed by atoms with E-state index >= 15 is 26.3 Å². The van der Waals surface area contributed by atoms with Crippen molar-refractivity contribution in [3.8, 4) is 56.4 Å². The van der Waals surface area contributed by atoms with Gasteiger partial charge in [0, 0.05) is 68.2 Å². The summed E-state index contributed by atoms with van der Waals surface area (Å²) in [6.45, 7) is 7.82. The third-order valence-corrected chi connectivity index (χ3v) is 27.5. The van der Waals surface area contributed by atoms with Crippen LogP contribution in [0.4, 0.5) is 94.6 Å². The van der Waals surface area contributed by atoms with E-state index in [1.807, 2.05) is 170 Å². The molecule has 2 atom stereocenters. The number of hydrogen-bond donors (Lipinski definition) is 0. The Morgan fingerprint density at radius 2 is 0.338 bits per heavy atom. The molecule has 3 aliphatic rings. The summed E-state index contributed by atoms with van der Waals surface area (Å²) in [6, 6.07) is 152. The van der Waals surface area contributed by atoms with Crippen molar-refractivity contribution in [2.24, 2.45) is 0 Å². The second-order valence-electron chi connectivity index (χ2n) is 35.1. The minimum Gasteiger partial charge on any atom is -0.457 e. The SMILES string of the molecule is C=Cc1ccc(Oc2ccc(C3(c4ccc(F)cc4)c4ccccc4-c4ccc(N(c5ccc(F)cc5)c5ccc(N(c6ccc(F)cc6)c6ccc(C7(c8ccc(N(c9ccc(F)cc9)c9ccc(N(c%10ccc(F)cc%10)c%10ccc%11c(c%10)C(c%10ccc(F)cc%10)(c%10ccc(Oc%12ccc(C=C)cc%12)cc%10)c%10ccccc%10-%11)cc9)cc8)c8ccccc8-c8ccccc87)cc6)cc5)cc43)cc2)cc1. The summed E-state index contributed by atoms with van der Waals surface area (Å²) in [5.74, 6) is 0.366. The number of rotatable bonds is 24. The molecule has 0 saturated carbocycles. The standard InChI is InChI=1S/C127H84F6N4O2/c1-3-83-21-71-109(72-22-83)138-111-75-33-89(34-76-111)126(85-25-37-91(128)38-26-85)121-19-11-7-15-115(121)117-79-69-107(81-123(117)126)136(101-57-45-95(132)46-58-101)105-65-61-103(62-66-105)134(99-53-41-93(130)42-54-99)97-49-29-87(30-50-97)125(119-17-9-5-13-113(119)114-14-6-10-18-120(114)125)88-31-51-98(52-32-88)135(100-55-43-94(131)44-56-100)104-63-67-106(68-64-104)137(102-59-47-96(133)48-60-102)108-70-80-118-116-16-8-12-20-122(116)127(124(118)82-108,86-27-39-92(129)40-28-86)90-35-77-112(78-36-90)139-110-73-23-84(4-2)24-74-110/h3-82H,1-2H2. The van der Waals surface area contributed by atoms with Gasteiger partial charge in [-0.3, -0.25) is 0 Å². The van der Waals surface area contributed by atoms with Gasteiger partial charge in [0.05, 0.1) is 16.2 Å². The maximum atomic E-state index is 15.4. The van der Waals surface area contributed by atoms with Crippen molar-refractivity contribution in [3.05, 3.63) is 599 Å². The van der Waals surface area contributed by atoms with E-state index in [1.165, 1.54) is 72.8 Å². The zero-order valence-electron chi connectivity index (χ0n) is 75.0. The molecule has 20 aromatic rings. The molecule has 0 N–H and O–H groups in total. The van der Waals surface area contributed by atoms with E-state index in [0.717, 1.165) is 157 Å². The van der Waals surface area contributed by atoms with Gasteiger partial charge in [0.1, 0.15) is 57.9 Å². The third kappa shape index (κ3) is 14.9. The quantitative estimate of drug-likeness (QED) is 0.0561. The molecule has 139 heavy (non-hydrogen) atoms. The van der Waals surface area contributed by atoms with Gasteiger partial charge in [0.2, 0.25) is 0 Å². The molecule has 3 aliphatic carbocycles. The Kier molecular flexibility index (Phi) is 21.7. The van der Waals surface area contributed by atoms with E-state index in [2.05, 4.69) is 215 Å². The summed E-state index contributed by atoms with van der Waals surface area (Å²) in [4.78, 5) is 8.45. The molecule has 0 fully saturated rings. The number of nitrogens with zero attached hydrogens (tertiary/aromatic N) is 4. The van der Waals surface area contributed by atoms with Crippen molar-refractivity contribution in [1.29, 1.82) is 0 Å². The van der Waals surface area contributed by atoms with Gasteiger partial charge < -0.3 is 29.1 Å². The molecule has 20 aromatic carbocycles. The van der Waals surface area contributed by atoms with Gasteiger partial charge in [-0.25, -0.2) is 26.3 Å². The summed E-state index contributed by atoms with van der Waals surface area (Å²) in [7, 11) is 0. The van der Waals surface area contributed by atoms with Crippen LogP contribution in [0, 0.1) is 34.9 Å². The zero-order chi connectivity index (χ0) is 94.0. The van der Waals surface area contributed by atoms with E-state index in [-0.39, 0.29) is 34.9 Å². The lowest BCUT2D eigenvalue weighted by Crippen LogP contribution is -2.29. The smallest absolute Gasteiger partial charge is 0.127 e. The highest BCUT2D eigenvalue weighted by Gasteiger charge is 2.50. The van der Waals surface area contributed by atoms with Gasteiger partial charge in [-0.2, -0.15) is 0 Å². The van der Waals surface area contributed by atoms with Crippen LogP contribution in [0.5, 0.6) is 23.0 Å². The monoisotopic (exact) mass is 1810 g/mol. The normalized spacial score (nSPS) is 14.3. The lowest BCUT2D eigenvalue weighted by molar-refractivity contribution is 0.482. The van der Waals surface area contributed by atoms with E-state index in [0.29, 0.717) is 45.7 Å². The molecule has 0 aromatic heterocycles. The van der Waals surface area contributed by atoms with Crippen LogP contribution >= 0.6 is 0 Å². The van der Waals surface area contributed by atoms with Gasteiger partial charge >= 0.3 is 0 Å². The first-order valence-electron chi connectivity index (χ1n) is 46.1. The van der Waals surface area contributed by atoms with Crippen molar-refractivity contribution in [3.63, 3.8) is 0 Å². The molecule has 0 heterocycles. The second kappa shape index (κ2) is 35.3. The summed E-state index contributed by atoms with van der Waals surface area (Å²) in [6.07, 6.45) is 3.58. The molecule has 0 aliphatic heterocycles. The van der Waals surface area contributed by atoms with Crippen LogP contribution in [0.1, 0.15) is 77.9 Å². The maximum absolute atomic E-state index is 15.4. The highest BCUT2D eigenvalue weighted by molar-refractivity contribution is 5.94. The van der Waals surface area contributed by atoms with Gasteiger partial charge in [0.25, 0.3) is 0 Å². The molecule has 12 heteroatoms. The van der Waals surface area contributed by atoms with Crippen LogP contribution in [-0.4, -0.2) is 0 Å². The maximum Gasteiger partial charge on any atom is 0.127 e. The molecule has 0 radical (unpaired) electrons. The van der Waals surface area contributed by atoms with Crippen LogP contribution in [0.3, 0.4) is 0 Å².